The number of likely N-dealkylation sites (tertiary alicyclic amines) is 1. The van der Waals surface area contributed by atoms with Gasteiger partial charge in [0, 0.05) is 19.7 Å². The van der Waals surface area contributed by atoms with Gasteiger partial charge in [0.2, 0.25) is 15.0 Å². The van der Waals surface area contributed by atoms with Crippen molar-refractivity contribution in [1.29, 1.82) is 0 Å². The summed E-state index contributed by atoms with van der Waals surface area (Å²) < 4.78 is 32.4. The summed E-state index contributed by atoms with van der Waals surface area (Å²) in [6.07, 6.45) is 5.21. The van der Waals surface area contributed by atoms with Gasteiger partial charge in [0.25, 0.3) is 0 Å². The second kappa shape index (κ2) is 8.99. The number of hydrogen-bond acceptors (Lipinski definition) is 5. The minimum atomic E-state index is -3.38. The summed E-state index contributed by atoms with van der Waals surface area (Å²) in [6, 6.07) is 10.3. The number of benzene rings is 1. The molecule has 7 heteroatoms. The number of ether oxygens (including phenoxy) is 1. The number of methoxy groups -OCH3 is 1. The molecule has 0 radical (unpaired) electrons. The molecule has 148 valence electrons. The Hall–Kier alpha value is -1.70. The Morgan fingerprint density at radius 2 is 1.96 bits per heavy atom. The fraction of sp³-hybridized carbons (Fsp3) is 0.550. The monoisotopic (exact) mass is 391 g/mol. The molecule has 0 aliphatic carbocycles. The number of aromatic nitrogens is 2. The first-order valence-electron chi connectivity index (χ1n) is 9.59. The summed E-state index contributed by atoms with van der Waals surface area (Å²) in [6.45, 7) is 4.56. The predicted molar refractivity (Wildman–Crippen MR) is 105 cm³/mol. The zero-order valence-corrected chi connectivity index (χ0v) is 17.0. The molecule has 0 bridgehead atoms. The van der Waals surface area contributed by atoms with Crippen molar-refractivity contribution in [2.75, 3.05) is 26.0 Å². The van der Waals surface area contributed by atoms with Crippen LogP contribution in [0.3, 0.4) is 0 Å². The molecule has 0 unspecified atom stereocenters. The minimum absolute atomic E-state index is 0.0499. The van der Waals surface area contributed by atoms with Crippen molar-refractivity contribution in [3.8, 4) is 0 Å². The van der Waals surface area contributed by atoms with Crippen molar-refractivity contribution in [2.24, 2.45) is 0 Å². The van der Waals surface area contributed by atoms with Crippen LogP contribution in [0.2, 0.25) is 0 Å². The van der Waals surface area contributed by atoms with Gasteiger partial charge in [-0.1, -0.05) is 43.7 Å². The second-order valence-corrected chi connectivity index (χ2v) is 9.25. The van der Waals surface area contributed by atoms with Crippen LogP contribution in [0.4, 0.5) is 0 Å². The number of rotatable bonds is 8. The minimum Gasteiger partial charge on any atom is -0.383 e. The maximum Gasteiger partial charge on any atom is 0.228 e. The average Bonchev–Trinajstić information content (AvgIpc) is 3.07. The molecule has 0 amide bonds. The summed E-state index contributed by atoms with van der Waals surface area (Å²) >= 11 is 0. The number of nitrogens with zero attached hydrogens (tertiary/aromatic N) is 3. The third-order valence-electron chi connectivity index (χ3n) is 5.22. The van der Waals surface area contributed by atoms with Crippen molar-refractivity contribution in [2.45, 2.75) is 50.5 Å². The molecular formula is C20H29N3O3S. The SMILES string of the molecule is CCS(=O)(=O)c1ncc(CN2CCCC[C@H]2COC)n1Cc1ccccc1. The molecule has 3 rings (SSSR count). The molecule has 1 fully saturated rings. The van der Waals surface area contributed by atoms with E-state index in [1.807, 2.05) is 34.9 Å². The van der Waals surface area contributed by atoms with Gasteiger partial charge in [0.15, 0.2) is 0 Å². The number of imidazole rings is 1. The summed E-state index contributed by atoms with van der Waals surface area (Å²) in [5, 5.41) is 0.171. The molecule has 0 saturated carbocycles. The van der Waals surface area contributed by atoms with Crippen molar-refractivity contribution in [1.82, 2.24) is 14.5 Å². The summed E-state index contributed by atoms with van der Waals surface area (Å²) in [4.78, 5) is 6.71. The van der Waals surface area contributed by atoms with Crippen molar-refractivity contribution >= 4 is 9.84 Å². The molecule has 2 heterocycles. The Bertz CT molecular complexity index is 831. The van der Waals surface area contributed by atoms with E-state index >= 15 is 0 Å². The van der Waals surface area contributed by atoms with E-state index in [9.17, 15) is 8.42 Å². The number of hydrogen-bond donors (Lipinski definition) is 0. The lowest BCUT2D eigenvalue weighted by Gasteiger charge is -2.35. The molecule has 2 aromatic rings. The zero-order chi connectivity index (χ0) is 19.3. The Morgan fingerprint density at radius 1 is 1.19 bits per heavy atom. The smallest absolute Gasteiger partial charge is 0.228 e. The van der Waals surface area contributed by atoms with Crippen LogP contribution >= 0.6 is 0 Å². The van der Waals surface area contributed by atoms with E-state index in [-0.39, 0.29) is 10.9 Å². The highest BCUT2D eigenvalue weighted by atomic mass is 32.2. The number of piperidine rings is 1. The van der Waals surface area contributed by atoms with Crippen LogP contribution in [0.5, 0.6) is 0 Å². The van der Waals surface area contributed by atoms with Crippen LogP contribution < -0.4 is 0 Å². The maximum absolute atomic E-state index is 12.6. The molecule has 1 atom stereocenters. The van der Waals surface area contributed by atoms with Crippen LogP contribution in [0.25, 0.3) is 0 Å². The first-order valence-corrected chi connectivity index (χ1v) is 11.2. The van der Waals surface area contributed by atoms with Gasteiger partial charge in [-0.2, -0.15) is 0 Å². The van der Waals surface area contributed by atoms with Gasteiger partial charge < -0.3 is 9.30 Å². The Balaban J connectivity index is 1.92. The number of sulfone groups is 1. The van der Waals surface area contributed by atoms with E-state index in [1.165, 1.54) is 6.42 Å². The molecule has 1 aromatic carbocycles. The van der Waals surface area contributed by atoms with Crippen molar-refractivity contribution in [3.63, 3.8) is 0 Å². The Labute approximate surface area is 162 Å². The van der Waals surface area contributed by atoms with E-state index in [4.69, 9.17) is 4.74 Å². The Morgan fingerprint density at radius 3 is 2.67 bits per heavy atom. The largest absolute Gasteiger partial charge is 0.383 e. The van der Waals surface area contributed by atoms with E-state index in [0.717, 1.165) is 30.6 Å². The van der Waals surface area contributed by atoms with Crippen molar-refractivity contribution < 1.29 is 13.2 Å². The molecule has 1 saturated heterocycles. The molecule has 0 spiro atoms. The third kappa shape index (κ3) is 4.78. The highest BCUT2D eigenvalue weighted by molar-refractivity contribution is 7.91. The van der Waals surface area contributed by atoms with Crippen LogP contribution in [0.15, 0.2) is 41.7 Å². The van der Waals surface area contributed by atoms with E-state index in [1.54, 1.807) is 20.2 Å². The molecule has 1 aliphatic heterocycles. The Kier molecular flexibility index (Phi) is 6.68. The first-order chi connectivity index (χ1) is 13.0. The van der Waals surface area contributed by atoms with Gasteiger partial charge in [-0.05, 0) is 24.9 Å². The summed E-state index contributed by atoms with van der Waals surface area (Å²) in [7, 11) is -1.65. The van der Waals surface area contributed by atoms with Gasteiger partial charge in [0.05, 0.1) is 30.8 Å². The van der Waals surface area contributed by atoms with Crippen LogP contribution in [-0.2, 0) is 27.7 Å². The fourth-order valence-corrected chi connectivity index (χ4v) is 4.68. The highest BCUT2D eigenvalue weighted by Gasteiger charge is 2.26. The lowest BCUT2D eigenvalue weighted by atomic mass is 10.0. The van der Waals surface area contributed by atoms with E-state index in [2.05, 4.69) is 9.88 Å². The molecule has 0 N–H and O–H groups in total. The third-order valence-corrected chi connectivity index (χ3v) is 6.86. The van der Waals surface area contributed by atoms with Gasteiger partial charge in [-0.3, -0.25) is 4.90 Å². The highest BCUT2D eigenvalue weighted by Crippen LogP contribution is 2.22. The van der Waals surface area contributed by atoms with Gasteiger partial charge in [-0.25, -0.2) is 13.4 Å². The molecular weight excluding hydrogens is 362 g/mol. The quantitative estimate of drug-likeness (QED) is 0.692. The lowest BCUT2D eigenvalue weighted by molar-refractivity contribution is 0.0585. The molecule has 1 aliphatic rings. The van der Waals surface area contributed by atoms with E-state index in [0.29, 0.717) is 25.7 Å². The molecule has 6 nitrogen and oxygen atoms in total. The van der Waals surface area contributed by atoms with Crippen LogP contribution in [0.1, 0.15) is 37.4 Å². The van der Waals surface area contributed by atoms with Crippen molar-refractivity contribution in [3.05, 3.63) is 47.8 Å². The van der Waals surface area contributed by atoms with Gasteiger partial charge in [-0.15, -0.1) is 0 Å². The zero-order valence-electron chi connectivity index (χ0n) is 16.2. The molecule has 1 aromatic heterocycles. The topological polar surface area (TPSA) is 64.4 Å². The van der Waals surface area contributed by atoms with Gasteiger partial charge in [0.1, 0.15) is 0 Å². The van der Waals surface area contributed by atoms with Crippen LogP contribution in [-0.4, -0.2) is 54.9 Å². The lowest BCUT2D eigenvalue weighted by Crippen LogP contribution is -2.42. The standard InChI is InChI=1S/C20H29N3O3S/c1-3-27(24,25)20-21-13-19(23(20)14-17-9-5-4-6-10-17)15-22-12-8-7-11-18(22)16-26-2/h4-6,9-10,13,18H,3,7-8,11-12,14-16H2,1-2H3/t18-/m0/s1. The molecule has 27 heavy (non-hydrogen) atoms. The predicted octanol–water partition coefficient (Wildman–Crippen LogP) is 2.73. The second-order valence-electron chi connectivity index (χ2n) is 7.08. The van der Waals surface area contributed by atoms with Gasteiger partial charge >= 0.3 is 0 Å². The maximum atomic E-state index is 12.6. The van der Waals surface area contributed by atoms with Crippen LogP contribution in [0, 0.1) is 0 Å². The average molecular weight is 392 g/mol. The summed E-state index contributed by atoms with van der Waals surface area (Å²) in [5.41, 5.74) is 2.00. The fourth-order valence-electron chi connectivity index (χ4n) is 3.69. The summed E-state index contributed by atoms with van der Waals surface area (Å²) in [5.74, 6) is 0.0499. The normalized spacial score (nSPS) is 18.7. The van der Waals surface area contributed by atoms with E-state index < -0.39 is 9.84 Å². The first kappa shape index (κ1) is 20.0.